The first-order valence-corrected chi connectivity index (χ1v) is 10.9. The van der Waals surface area contributed by atoms with Gasteiger partial charge in [0, 0.05) is 31.6 Å². The van der Waals surface area contributed by atoms with E-state index in [1.165, 1.54) is 23.5 Å². The first-order valence-electron chi connectivity index (χ1n) is 9.74. The minimum absolute atomic E-state index is 0.128. The van der Waals surface area contributed by atoms with E-state index < -0.39 is 12.5 Å². The minimum Gasteiger partial charge on any atom is -0.480 e. The lowest BCUT2D eigenvalue weighted by molar-refractivity contribution is -0.138. The zero-order valence-corrected chi connectivity index (χ0v) is 18.2. The van der Waals surface area contributed by atoms with Gasteiger partial charge in [0.1, 0.15) is 5.82 Å². The fourth-order valence-corrected chi connectivity index (χ4v) is 5.10. The molecule has 0 radical (unpaired) electrons. The Morgan fingerprint density at radius 2 is 2.06 bits per heavy atom. The van der Waals surface area contributed by atoms with E-state index >= 15 is 0 Å². The molecule has 1 aromatic carbocycles. The molecule has 0 unspecified atom stereocenters. The molecule has 0 aliphatic carbocycles. The van der Waals surface area contributed by atoms with E-state index in [0.29, 0.717) is 9.90 Å². The maximum absolute atomic E-state index is 13.6. The molecule has 0 amide bonds. The third-order valence-corrected chi connectivity index (χ3v) is 7.08. The van der Waals surface area contributed by atoms with Crippen molar-refractivity contribution in [3.8, 4) is 0 Å². The lowest BCUT2D eigenvalue weighted by Crippen LogP contribution is -2.60. The maximum Gasteiger partial charge on any atom is 0.326 e. The Balaban J connectivity index is 1.33. The molecule has 2 saturated heterocycles. The number of nitrogens with two attached hydrogens (primary N) is 2. The third-order valence-electron chi connectivity index (χ3n) is 5.68. The van der Waals surface area contributed by atoms with Crippen LogP contribution in [0, 0.1) is 11.2 Å². The summed E-state index contributed by atoms with van der Waals surface area (Å²) in [6.07, 6.45) is 3.61. The smallest absolute Gasteiger partial charge is 0.326 e. The number of carboxylic acids is 1. The SMILES string of the molecule is N/C(=N\N(N)CC(=O)O)c1cnc(N2CC3(CCN(c4cc(F)ccc4Cl)CC3)C2)s1. The number of nitrogens with zero attached hydrogens (tertiary/aromatic N) is 5. The number of hydrogen-bond acceptors (Lipinski definition) is 8. The van der Waals surface area contributed by atoms with Crippen molar-refractivity contribution >= 4 is 45.6 Å². The van der Waals surface area contributed by atoms with Crippen LogP contribution in [0.2, 0.25) is 5.02 Å². The van der Waals surface area contributed by atoms with Crippen molar-refractivity contribution in [1.29, 1.82) is 0 Å². The maximum atomic E-state index is 13.6. The van der Waals surface area contributed by atoms with Crippen molar-refractivity contribution < 1.29 is 14.3 Å². The van der Waals surface area contributed by atoms with Crippen LogP contribution in [0.5, 0.6) is 0 Å². The monoisotopic (exact) mass is 467 g/mol. The Hall–Kier alpha value is -2.63. The molecule has 0 saturated carbocycles. The van der Waals surface area contributed by atoms with Crippen molar-refractivity contribution in [1.82, 2.24) is 10.1 Å². The molecule has 31 heavy (non-hydrogen) atoms. The first kappa shape index (κ1) is 21.6. The lowest BCUT2D eigenvalue weighted by atomic mass is 9.72. The highest BCUT2D eigenvalue weighted by atomic mass is 35.5. The van der Waals surface area contributed by atoms with Crippen LogP contribution in [-0.4, -0.2) is 59.7 Å². The van der Waals surface area contributed by atoms with Gasteiger partial charge >= 0.3 is 5.97 Å². The highest BCUT2D eigenvalue weighted by Gasteiger charge is 2.46. The number of aromatic nitrogens is 1. The Labute approximate surface area is 187 Å². The van der Waals surface area contributed by atoms with Crippen LogP contribution in [0.3, 0.4) is 0 Å². The van der Waals surface area contributed by atoms with E-state index in [4.69, 9.17) is 28.3 Å². The molecule has 2 aliphatic heterocycles. The Kier molecular flexibility index (Phi) is 5.91. The number of hydrazine groups is 1. The van der Waals surface area contributed by atoms with Gasteiger partial charge in [-0.05, 0) is 31.0 Å². The van der Waals surface area contributed by atoms with Crippen LogP contribution >= 0.6 is 22.9 Å². The summed E-state index contributed by atoms with van der Waals surface area (Å²) >= 11 is 7.65. The van der Waals surface area contributed by atoms with Gasteiger partial charge in [-0.15, -0.1) is 5.10 Å². The predicted molar refractivity (Wildman–Crippen MR) is 119 cm³/mol. The number of benzene rings is 1. The van der Waals surface area contributed by atoms with Crippen molar-refractivity contribution in [3.05, 3.63) is 40.1 Å². The molecule has 4 rings (SSSR count). The number of thiazole rings is 1. The number of amidine groups is 1. The number of carbonyl (C=O) groups is 1. The van der Waals surface area contributed by atoms with Gasteiger partial charge < -0.3 is 20.6 Å². The van der Waals surface area contributed by atoms with Crippen LogP contribution in [0.25, 0.3) is 0 Å². The fraction of sp³-hybridized carbons (Fsp3) is 0.421. The molecule has 166 valence electrons. The van der Waals surface area contributed by atoms with Gasteiger partial charge in [0.2, 0.25) is 0 Å². The van der Waals surface area contributed by atoms with Gasteiger partial charge in [0.25, 0.3) is 0 Å². The quantitative estimate of drug-likeness (QED) is 0.255. The van der Waals surface area contributed by atoms with E-state index in [1.54, 1.807) is 12.3 Å². The average molecular weight is 468 g/mol. The predicted octanol–water partition coefficient (Wildman–Crippen LogP) is 1.92. The summed E-state index contributed by atoms with van der Waals surface area (Å²) in [5.41, 5.74) is 6.89. The van der Waals surface area contributed by atoms with Gasteiger partial charge in [-0.1, -0.05) is 22.9 Å². The Morgan fingerprint density at radius 1 is 1.35 bits per heavy atom. The molecule has 12 heteroatoms. The second-order valence-corrected chi connectivity index (χ2v) is 9.34. The second kappa shape index (κ2) is 8.48. The van der Waals surface area contributed by atoms with Crippen molar-refractivity contribution in [2.75, 3.05) is 42.5 Å². The molecule has 3 heterocycles. The second-order valence-electron chi connectivity index (χ2n) is 7.92. The largest absolute Gasteiger partial charge is 0.480 e. The summed E-state index contributed by atoms with van der Waals surface area (Å²) in [6, 6.07) is 4.47. The van der Waals surface area contributed by atoms with Gasteiger partial charge in [-0.3, -0.25) is 4.79 Å². The van der Waals surface area contributed by atoms with Crippen LogP contribution in [0.1, 0.15) is 17.7 Å². The van der Waals surface area contributed by atoms with Gasteiger partial charge in [-0.2, -0.15) is 0 Å². The van der Waals surface area contributed by atoms with Gasteiger partial charge in [0.15, 0.2) is 17.5 Å². The number of hydrogen-bond donors (Lipinski definition) is 3. The number of piperidine rings is 1. The number of anilines is 2. The molecule has 2 aromatic rings. The standard InChI is InChI=1S/C19H23ClFN7O2S/c20-13-2-1-12(21)7-14(13)26-5-3-19(4-6-26)10-27(11-19)18-24-8-15(31-18)17(22)25-28(23)9-16(29)30/h1-2,7-8H,3-6,9-11,23H2,(H2,22,25)(H,29,30). The van der Waals surface area contributed by atoms with Crippen LogP contribution < -0.4 is 21.4 Å². The van der Waals surface area contributed by atoms with E-state index in [2.05, 4.69) is 19.9 Å². The summed E-state index contributed by atoms with van der Waals surface area (Å²) in [7, 11) is 0. The zero-order valence-electron chi connectivity index (χ0n) is 16.7. The topological polar surface area (TPSA) is 124 Å². The van der Waals surface area contributed by atoms with Crippen LogP contribution in [0.15, 0.2) is 29.5 Å². The number of aliphatic carboxylic acids is 1. The van der Waals surface area contributed by atoms with Crippen LogP contribution in [-0.2, 0) is 4.79 Å². The molecule has 9 nitrogen and oxygen atoms in total. The van der Waals surface area contributed by atoms with E-state index in [-0.39, 0.29) is 17.1 Å². The normalized spacial score (nSPS) is 18.2. The lowest BCUT2D eigenvalue weighted by Gasteiger charge is -2.54. The molecule has 2 fully saturated rings. The summed E-state index contributed by atoms with van der Waals surface area (Å²) < 4.78 is 13.6. The molecule has 2 aliphatic rings. The number of rotatable bonds is 6. The van der Waals surface area contributed by atoms with Crippen LogP contribution in [0.4, 0.5) is 15.2 Å². The first-order chi connectivity index (χ1) is 14.7. The summed E-state index contributed by atoms with van der Waals surface area (Å²) in [5, 5.41) is 14.8. The third kappa shape index (κ3) is 4.68. The Bertz CT molecular complexity index is 1000. The summed E-state index contributed by atoms with van der Waals surface area (Å²) in [6.45, 7) is 3.00. The van der Waals surface area contributed by atoms with E-state index in [0.717, 1.165) is 55.0 Å². The average Bonchev–Trinajstić information content (AvgIpc) is 3.17. The zero-order chi connectivity index (χ0) is 22.2. The Morgan fingerprint density at radius 3 is 2.74 bits per heavy atom. The van der Waals surface area contributed by atoms with Crippen molar-refractivity contribution in [2.45, 2.75) is 12.8 Å². The molecule has 1 aromatic heterocycles. The number of halogens is 2. The fourth-order valence-electron chi connectivity index (χ4n) is 4.06. The molecule has 5 N–H and O–H groups in total. The van der Waals surface area contributed by atoms with E-state index in [9.17, 15) is 9.18 Å². The summed E-state index contributed by atoms with van der Waals surface area (Å²) in [4.78, 5) is 20.1. The number of hydrazone groups is 1. The molecule has 0 bridgehead atoms. The molecular formula is C19H23ClFN7O2S. The van der Waals surface area contributed by atoms with E-state index in [1.807, 2.05) is 0 Å². The van der Waals surface area contributed by atoms with Gasteiger partial charge in [0.05, 0.1) is 21.8 Å². The van der Waals surface area contributed by atoms with Crippen molar-refractivity contribution in [2.24, 2.45) is 22.1 Å². The number of carboxylic acid groups (broad SMARTS) is 1. The summed E-state index contributed by atoms with van der Waals surface area (Å²) in [5.74, 6) is 4.26. The molecule has 1 spiro atoms. The highest BCUT2D eigenvalue weighted by Crippen LogP contribution is 2.44. The molecule has 0 atom stereocenters. The highest BCUT2D eigenvalue weighted by molar-refractivity contribution is 7.17. The van der Waals surface area contributed by atoms with Gasteiger partial charge in [-0.25, -0.2) is 20.3 Å². The minimum atomic E-state index is -1.10. The van der Waals surface area contributed by atoms with Crippen molar-refractivity contribution in [3.63, 3.8) is 0 Å². The molecular weight excluding hydrogens is 445 g/mol.